The predicted molar refractivity (Wildman–Crippen MR) is 66.8 cm³/mol. The Balaban J connectivity index is 2.16. The van der Waals surface area contributed by atoms with Crippen LogP contribution >= 0.6 is 0 Å². The Morgan fingerprint density at radius 3 is 2.25 bits per heavy atom. The van der Waals surface area contributed by atoms with Crippen molar-refractivity contribution in [3.63, 3.8) is 0 Å². The topological polar surface area (TPSA) is 40.7 Å². The van der Waals surface area contributed by atoms with Gasteiger partial charge in [-0.05, 0) is 30.8 Å². The number of aromatic amines is 1. The normalized spacial score (nSPS) is 17.1. The molecule has 0 atom stereocenters. The van der Waals surface area contributed by atoms with Crippen LogP contribution in [0.1, 0.15) is 56.7 Å². The van der Waals surface area contributed by atoms with E-state index >= 15 is 0 Å². The maximum Gasteiger partial charge on any atom is 0.106 e. The summed E-state index contributed by atoms with van der Waals surface area (Å²) in [6.45, 7) is 11.2. The first-order valence-electron chi connectivity index (χ1n) is 6.37. The first-order chi connectivity index (χ1) is 7.58. The molecule has 0 bridgehead atoms. The zero-order valence-electron chi connectivity index (χ0n) is 10.8. The molecule has 1 aromatic rings. The highest BCUT2D eigenvalue weighted by atomic mass is 15.0. The first-order valence-corrected chi connectivity index (χ1v) is 6.37. The van der Waals surface area contributed by atoms with Crippen LogP contribution in [0.4, 0.5) is 0 Å². The maximum atomic E-state index is 4.77. The van der Waals surface area contributed by atoms with E-state index in [1.165, 1.54) is 17.2 Å². The van der Waals surface area contributed by atoms with Crippen LogP contribution in [0.5, 0.6) is 0 Å². The van der Waals surface area contributed by atoms with Crippen molar-refractivity contribution in [3.05, 3.63) is 17.2 Å². The van der Waals surface area contributed by atoms with Gasteiger partial charge in [0.05, 0.1) is 5.69 Å². The molecule has 3 nitrogen and oxygen atoms in total. The van der Waals surface area contributed by atoms with Crippen LogP contribution in [0, 0.1) is 5.92 Å². The summed E-state index contributed by atoms with van der Waals surface area (Å²) in [6.07, 6.45) is 1.10. The summed E-state index contributed by atoms with van der Waals surface area (Å²) in [4.78, 5) is 8.29. The van der Waals surface area contributed by atoms with Crippen LogP contribution in [-0.4, -0.2) is 23.1 Å². The minimum atomic E-state index is 0.516. The third kappa shape index (κ3) is 2.29. The lowest BCUT2D eigenvalue weighted by molar-refractivity contribution is 0.341. The third-order valence-electron chi connectivity index (χ3n) is 3.28. The lowest BCUT2D eigenvalue weighted by atomic mass is 9.99. The molecule has 2 N–H and O–H groups in total. The van der Waals surface area contributed by atoms with E-state index in [2.05, 4.69) is 38.0 Å². The molecule has 3 heteroatoms. The summed E-state index contributed by atoms with van der Waals surface area (Å²) in [5, 5.41) is 3.31. The molecule has 2 rings (SSSR count). The van der Waals surface area contributed by atoms with Crippen molar-refractivity contribution in [3.8, 4) is 0 Å². The molecule has 0 unspecified atom stereocenters. The van der Waals surface area contributed by atoms with E-state index in [1.54, 1.807) is 0 Å². The highest BCUT2D eigenvalue weighted by Gasteiger charge is 2.21. The fourth-order valence-electron chi connectivity index (χ4n) is 2.20. The van der Waals surface area contributed by atoms with Crippen LogP contribution in [0.25, 0.3) is 0 Å². The SMILES string of the molecule is CC(C)c1nc(CC2CNC2)[nH]c1C(C)C. The Kier molecular flexibility index (Phi) is 3.33. The van der Waals surface area contributed by atoms with Crippen molar-refractivity contribution in [2.24, 2.45) is 5.92 Å². The minimum Gasteiger partial charge on any atom is -0.345 e. The minimum absolute atomic E-state index is 0.516. The van der Waals surface area contributed by atoms with Gasteiger partial charge in [0, 0.05) is 12.1 Å². The number of imidazole rings is 1. The van der Waals surface area contributed by atoms with Crippen molar-refractivity contribution < 1.29 is 0 Å². The Morgan fingerprint density at radius 1 is 1.19 bits per heavy atom. The molecule has 2 heterocycles. The van der Waals surface area contributed by atoms with Gasteiger partial charge in [0.15, 0.2) is 0 Å². The summed E-state index contributed by atoms with van der Waals surface area (Å²) < 4.78 is 0. The maximum absolute atomic E-state index is 4.77. The number of hydrogen-bond donors (Lipinski definition) is 2. The fourth-order valence-corrected chi connectivity index (χ4v) is 2.20. The Bertz CT molecular complexity index is 323. The van der Waals surface area contributed by atoms with Gasteiger partial charge in [0.2, 0.25) is 0 Å². The summed E-state index contributed by atoms with van der Waals surface area (Å²) in [5.41, 5.74) is 2.59. The second-order valence-electron chi connectivity index (χ2n) is 5.52. The molecular weight excluding hydrogens is 198 g/mol. The van der Waals surface area contributed by atoms with Crippen molar-refractivity contribution in [2.45, 2.75) is 46.0 Å². The Labute approximate surface area is 98.1 Å². The molecule has 0 spiro atoms. The molecule has 0 aromatic carbocycles. The number of hydrogen-bond acceptors (Lipinski definition) is 2. The van der Waals surface area contributed by atoms with E-state index in [1.807, 2.05) is 0 Å². The summed E-state index contributed by atoms with van der Waals surface area (Å²) >= 11 is 0. The van der Waals surface area contributed by atoms with E-state index in [4.69, 9.17) is 4.98 Å². The lowest BCUT2D eigenvalue weighted by Gasteiger charge is -2.25. The van der Waals surface area contributed by atoms with Gasteiger partial charge >= 0.3 is 0 Å². The lowest BCUT2D eigenvalue weighted by Crippen LogP contribution is -2.43. The van der Waals surface area contributed by atoms with E-state index in [0.29, 0.717) is 11.8 Å². The zero-order valence-corrected chi connectivity index (χ0v) is 10.8. The fraction of sp³-hybridized carbons (Fsp3) is 0.769. The van der Waals surface area contributed by atoms with Gasteiger partial charge in [-0.2, -0.15) is 0 Å². The van der Waals surface area contributed by atoms with Crippen LogP contribution in [-0.2, 0) is 6.42 Å². The first kappa shape index (κ1) is 11.6. The molecular formula is C13H23N3. The van der Waals surface area contributed by atoms with E-state index in [9.17, 15) is 0 Å². The summed E-state index contributed by atoms with van der Waals surface area (Å²) in [7, 11) is 0. The Morgan fingerprint density at radius 2 is 1.88 bits per heavy atom. The van der Waals surface area contributed by atoms with Gasteiger partial charge in [-0.3, -0.25) is 0 Å². The molecule has 0 amide bonds. The van der Waals surface area contributed by atoms with Crippen LogP contribution in [0.2, 0.25) is 0 Å². The summed E-state index contributed by atoms with van der Waals surface area (Å²) in [6, 6.07) is 0. The van der Waals surface area contributed by atoms with Gasteiger partial charge < -0.3 is 10.3 Å². The molecule has 1 aliphatic heterocycles. The van der Waals surface area contributed by atoms with E-state index < -0.39 is 0 Å². The molecule has 1 fully saturated rings. The molecule has 0 aliphatic carbocycles. The number of aromatic nitrogens is 2. The largest absolute Gasteiger partial charge is 0.345 e. The molecule has 1 saturated heterocycles. The zero-order chi connectivity index (χ0) is 11.7. The van der Waals surface area contributed by atoms with Gasteiger partial charge in [0.1, 0.15) is 5.82 Å². The van der Waals surface area contributed by atoms with Crippen molar-refractivity contribution in [1.29, 1.82) is 0 Å². The van der Waals surface area contributed by atoms with Gasteiger partial charge in [-0.1, -0.05) is 27.7 Å². The number of nitrogens with zero attached hydrogens (tertiary/aromatic N) is 1. The molecule has 1 aliphatic rings. The van der Waals surface area contributed by atoms with Crippen LogP contribution in [0.15, 0.2) is 0 Å². The van der Waals surface area contributed by atoms with Crippen LogP contribution in [0.3, 0.4) is 0 Å². The molecule has 90 valence electrons. The Hall–Kier alpha value is -0.830. The highest BCUT2D eigenvalue weighted by molar-refractivity contribution is 5.21. The quantitative estimate of drug-likeness (QED) is 0.819. The third-order valence-corrected chi connectivity index (χ3v) is 3.28. The van der Waals surface area contributed by atoms with Gasteiger partial charge in [-0.25, -0.2) is 4.98 Å². The number of rotatable bonds is 4. The molecule has 0 saturated carbocycles. The standard InChI is InChI=1S/C13H23N3/c1-8(2)12-13(9(3)4)16-11(15-12)5-10-6-14-7-10/h8-10,14H,5-7H2,1-4H3,(H,15,16). The molecule has 0 radical (unpaired) electrons. The predicted octanol–water partition coefficient (Wildman–Crippen LogP) is 2.42. The van der Waals surface area contributed by atoms with Gasteiger partial charge in [-0.15, -0.1) is 0 Å². The van der Waals surface area contributed by atoms with Crippen molar-refractivity contribution >= 4 is 0 Å². The monoisotopic (exact) mass is 221 g/mol. The van der Waals surface area contributed by atoms with Crippen molar-refractivity contribution in [1.82, 2.24) is 15.3 Å². The van der Waals surface area contributed by atoms with Crippen molar-refractivity contribution in [2.75, 3.05) is 13.1 Å². The number of H-pyrrole nitrogens is 1. The van der Waals surface area contributed by atoms with E-state index in [0.717, 1.165) is 25.4 Å². The molecule has 1 aromatic heterocycles. The summed E-state index contributed by atoms with van der Waals surface area (Å²) in [5.74, 6) is 3.02. The van der Waals surface area contributed by atoms with E-state index in [-0.39, 0.29) is 0 Å². The van der Waals surface area contributed by atoms with Gasteiger partial charge in [0.25, 0.3) is 0 Å². The highest BCUT2D eigenvalue weighted by Crippen LogP contribution is 2.24. The van der Waals surface area contributed by atoms with Crippen LogP contribution < -0.4 is 5.32 Å². The molecule has 16 heavy (non-hydrogen) atoms. The average Bonchev–Trinajstić information content (AvgIpc) is 2.55. The number of nitrogens with one attached hydrogen (secondary N) is 2. The second-order valence-corrected chi connectivity index (χ2v) is 5.52. The smallest absolute Gasteiger partial charge is 0.106 e. The second kappa shape index (κ2) is 4.58. The average molecular weight is 221 g/mol.